The number of hydrogen-bond donors (Lipinski definition) is 0. The van der Waals surface area contributed by atoms with Gasteiger partial charge in [-0.1, -0.05) is 0 Å². The van der Waals surface area contributed by atoms with Gasteiger partial charge in [-0.2, -0.15) is 0 Å². The largest absolute Gasteiger partial charge is 0.297 e. The molecule has 1 nitrogen and oxygen atoms in total. The molecule has 1 rings (SSSR count). The summed E-state index contributed by atoms with van der Waals surface area (Å²) in [6.07, 6.45) is 2.80. The van der Waals surface area contributed by atoms with Crippen molar-refractivity contribution in [2.24, 2.45) is 0 Å². The molecule has 0 aromatic heterocycles. The Morgan fingerprint density at radius 1 is 1.38 bits per heavy atom. The van der Waals surface area contributed by atoms with E-state index in [0.717, 1.165) is 0 Å². The van der Waals surface area contributed by atoms with Crippen molar-refractivity contribution in [3.05, 3.63) is 0 Å². The number of rotatable bonds is 0. The molecular formula is C6H13NS. The molecule has 0 aromatic carbocycles. The Kier molecular flexibility index (Phi) is 2.70. The Bertz CT molecular complexity index is 57.5. The topological polar surface area (TPSA) is 3.24 Å². The van der Waals surface area contributed by atoms with Crippen LogP contribution in [0.25, 0.3) is 0 Å². The van der Waals surface area contributed by atoms with Crippen molar-refractivity contribution in [3.8, 4) is 0 Å². The fraction of sp³-hybridized carbons (Fsp3) is 1.00. The summed E-state index contributed by atoms with van der Waals surface area (Å²) in [4.78, 5) is 2.39. The van der Waals surface area contributed by atoms with Gasteiger partial charge in [-0.15, -0.1) is 11.8 Å². The van der Waals surface area contributed by atoms with Gasteiger partial charge < -0.3 is 0 Å². The lowest BCUT2D eigenvalue weighted by Gasteiger charge is -2.09. The summed E-state index contributed by atoms with van der Waals surface area (Å²) in [5, 5.41) is 0. The van der Waals surface area contributed by atoms with Gasteiger partial charge in [-0.3, -0.25) is 4.90 Å². The van der Waals surface area contributed by atoms with Gasteiger partial charge >= 0.3 is 0 Å². The highest BCUT2D eigenvalue weighted by molar-refractivity contribution is 7.99. The van der Waals surface area contributed by atoms with Crippen LogP contribution in [-0.4, -0.2) is 30.1 Å². The van der Waals surface area contributed by atoms with Crippen LogP contribution in [0, 0.1) is 0 Å². The van der Waals surface area contributed by atoms with Gasteiger partial charge in [0.1, 0.15) is 0 Å². The molecule has 2 heteroatoms. The van der Waals surface area contributed by atoms with Crippen LogP contribution in [-0.2, 0) is 0 Å². The van der Waals surface area contributed by atoms with Crippen molar-refractivity contribution in [3.63, 3.8) is 0 Å². The van der Waals surface area contributed by atoms with Crippen LogP contribution in [0.1, 0.15) is 12.8 Å². The van der Waals surface area contributed by atoms with E-state index in [1.807, 2.05) is 11.8 Å². The molecule has 48 valence electrons. The van der Waals surface area contributed by atoms with Crippen molar-refractivity contribution < 1.29 is 0 Å². The fourth-order valence-corrected chi connectivity index (χ4v) is 1.85. The Balaban J connectivity index is 2.17. The Morgan fingerprint density at radius 3 is 3.12 bits per heavy atom. The lowest BCUT2D eigenvalue weighted by molar-refractivity contribution is 0.390. The van der Waals surface area contributed by atoms with E-state index in [2.05, 4.69) is 11.9 Å². The van der Waals surface area contributed by atoms with Crippen molar-refractivity contribution in [2.75, 3.05) is 25.2 Å². The average Bonchev–Trinajstić information content (AvgIpc) is 1.94. The molecule has 0 radical (unpaired) electrons. The molecule has 0 aliphatic carbocycles. The van der Waals surface area contributed by atoms with Gasteiger partial charge in [0.2, 0.25) is 0 Å². The Hall–Kier alpha value is 0.310. The second kappa shape index (κ2) is 3.36. The molecule has 0 atom stereocenters. The lowest BCUT2D eigenvalue weighted by Crippen LogP contribution is -2.16. The zero-order chi connectivity index (χ0) is 5.82. The molecule has 0 amide bonds. The summed E-state index contributed by atoms with van der Waals surface area (Å²) in [7, 11) is 2.19. The first kappa shape index (κ1) is 6.43. The van der Waals surface area contributed by atoms with Crippen molar-refractivity contribution >= 4 is 11.8 Å². The normalized spacial score (nSPS) is 25.1. The maximum Gasteiger partial charge on any atom is 0.0441 e. The molecule has 1 saturated heterocycles. The van der Waals surface area contributed by atoms with Crippen LogP contribution in [0.5, 0.6) is 0 Å². The third-order valence-electron chi connectivity index (χ3n) is 1.39. The van der Waals surface area contributed by atoms with Gasteiger partial charge in [-0.25, -0.2) is 0 Å². The molecule has 1 heterocycles. The second-order valence-corrected chi connectivity index (χ2v) is 3.40. The van der Waals surface area contributed by atoms with E-state index in [1.165, 1.54) is 31.0 Å². The van der Waals surface area contributed by atoms with Gasteiger partial charge in [0.15, 0.2) is 0 Å². The van der Waals surface area contributed by atoms with Gasteiger partial charge in [0.25, 0.3) is 0 Å². The maximum atomic E-state index is 2.39. The van der Waals surface area contributed by atoms with Crippen molar-refractivity contribution in [1.82, 2.24) is 4.90 Å². The molecular weight excluding hydrogens is 118 g/mol. The second-order valence-electron chi connectivity index (χ2n) is 2.32. The minimum atomic E-state index is 1.24. The third kappa shape index (κ3) is 2.05. The zero-order valence-electron chi connectivity index (χ0n) is 5.39. The summed E-state index contributed by atoms with van der Waals surface area (Å²) in [5.74, 6) is 2.60. The summed E-state index contributed by atoms with van der Waals surface area (Å²) in [5.41, 5.74) is 0. The van der Waals surface area contributed by atoms with Crippen LogP contribution < -0.4 is 0 Å². The summed E-state index contributed by atoms with van der Waals surface area (Å²) < 4.78 is 0. The van der Waals surface area contributed by atoms with E-state index in [0.29, 0.717) is 0 Å². The first-order valence-corrected chi connectivity index (χ1v) is 4.31. The molecule has 0 bridgehead atoms. The minimum Gasteiger partial charge on any atom is -0.297 e. The quantitative estimate of drug-likeness (QED) is 0.489. The highest BCUT2D eigenvalue weighted by atomic mass is 32.2. The highest BCUT2D eigenvalue weighted by Gasteiger charge is 2.01. The summed E-state index contributed by atoms with van der Waals surface area (Å²) in [6.45, 7) is 1.30. The maximum absolute atomic E-state index is 2.39. The van der Waals surface area contributed by atoms with Crippen LogP contribution in [0.2, 0.25) is 0 Å². The molecule has 0 unspecified atom stereocenters. The van der Waals surface area contributed by atoms with Crippen molar-refractivity contribution in [1.29, 1.82) is 0 Å². The van der Waals surface area contributed by atoms with E-state index in [-0.39, 0.29) is 0 Å². The van der Waals surface area contributed by atoms with E-state index < -0.39 is 0 Å². The van der Waals surface area contributed by atoms with E-state index in [1.54, 1.807) is 0 Å². The standard InChI is InChI=1S/C6H13NS/c1-7-4-2-3-5-8-6-7/h2-6H2,1H3. The summed E-state index contributed by atoms with van der Waals surface area (Å²) >= 11 is 2.05. The third-order valence-corrected chi connectivity index (χ3v) is 2.59. The molecule has 1 fully saturated rings. The van der Waals surface area contributed by atoms with E-state index >= 15 is 0 Å². The first-order valence-electron chi connectivity index (χ1n) is 3.16. The van der Waals surface area contributed by atoms with Gasteiger partial charge in [0, 0.05) is 5.88 Å². The minimum absolute atomic E-state index is 1.24. The molecule has 8 heavy (non-hydrogen) atoms. The Labute approximate surface area is 55.4 Å². The lowest BCUT2D eigenvalue weighted by atomic mass is 10.3. The predicted octanol–water partition coefficient (Wildman–Crippen LogP) is 1.40. The molecule has 0 N–H and O–H groups in total. The number of nitrogens with zero attached hydrogens (tertiary/aromatic N) is 1. The van der Waals surface area contributed by atoms with Crippen LogP contribution in [0.15, 0.2) is 0 Å². The van der Waals surface area contributed by atoms with Crippen molar-refractivity contribution in [2.45, 2.75) is 12.8 Å². The smallest absolute Gasteiger partial charge is 0.0441 e. The van der Waals surface area contributed by atoms with E-state index in [4.69, 9.17) is 0 Å². The highest BCUT2D eigenvalue weighted by Crippen LogP contribution is 2.11. The summed E-state index contributed by atoms with van der Waals surface area (Å²) in [6, 6.07) is 0. The Morgan fingerprint density at radius 2 is 2.25 bits per heavy atom. The van der Waals surface area contributed by atoms with Crippen LogP contribution in [0.3, 0.4) is 0 Å². The first-order chi connectivity index (χ1) is 3.89. The van der Waals surface area contributed by atoms with E-state index in [9.17, 15) is 0 Å². The molecule has 0 saturated carbocycles. The number of thioether (sulfide) groups is 1. The van der Waals surface area contributed by atoms with Gasteiger partial charge in [0.05, 0.1) is 0 Å². The number of hydrogen-bond acceptors (Lipinski definition) is 2. The molecule has 1 aliphatic heterocycles. The molecule has 0 spiro atoms. The fourth-order valence-electron chi connectivity index (χ4n) is 0.871. The zero-order valence-corrected chi connectivity index (χ0v) is 6.21. The van der Waals surface area contributed by atoms with Crippen LogP contribution in [0.4, 0.5) is 0 Å². The molecule has 1 aliphatic rings. The van der Waals surface area contributed by atoms with Gasteiger partial charge in [-0.05, 0) is 32.2 Å². The monoisotopic (exact) mass is 131 g/mol. The predicted molar refractivity (Wildman–Crippen MR) is 39.2 cm³/mol. The molecule has 0 aromatic rings. The SMILES string of the molecule is CN1CCCCSC1. The average molecular weight is 131 g/mol. The van der Waals surface area contributed by atoms with Crippen LogP contribution >= 0.6 is 11.8 Å².